The Balaban J connectivity index is 1.87. The number of benzene rings is 2. The number of hydrogen-bond donors (Lipinski definition) is 2. The molecule has 2 aromatic rings. The Morgan fingerprint density at radius 2 is 1.70 bits per heavy atom. The number of rotatable bonds is 16. The summed E-state index contributed by atoms with van der Waals surface area (Å²) in [4.78, 5) is 12.9. The number of fused-ring (bicyclic) bond motifs is 1. The highest BCUT2D eigenvalue weighted by Crippen LogP contribution is 2.35. The lowest BCUT2D eigenvalue weighted by atomic mass is 10.00. The van der Waals surface area contributed by atoms with Crippen LogP contribution in [0.3, 0.4) is 0 Å². The quantitative estimate of drug-likeness (QED) is 0.235. The summed E-state index contributed by atoms with van der Waals surface area (Å²) in [5.41, 5.74) is 0.0921. The van der Waals surface area contributed by atoms with Gasteiger partial charge in [-0.2, -0.15) is 4.31 Å². The van der Waals surface area contributed by atoms with E-state index >= 15 is 0 Å². The summed E-state index contributed by atoms with van der Waals surface area (Å²) in [5.74, 6) is 1.65. The third kappa shape index (κ3) is 10.3. The van der Waals surface area contributed by atoms with Crippen molar-refractivity contribution in [3.05, 3.63) is 48.0 Å². The van der Waals surface area contributed by atoms with Gasteiger partial charge in [0.15, 0.2) is 11.5 Å². The Bertz CT molecular complexity index is 1270. The van der Waals surface area contributed by atoms with E-state index in [0.717, 1.165) is 37.0 Å². The number of aliphatic hydroxyl groups excluding tert-OH is 1. The molecule has 0 saturated carbocycles. The number of carbonyl (C=O) groups excluding carboxylic acids is 1. The van der Waals surface area contributed by atoms with E-state index in [4.69, 9.17) is 18.9 Å². The van der Waals surface area contributed by atoms with Crippen LogP contribution in [0.5, 0.6) is 17.2 Å². The van der Waals surface area contributed by atoms with Crippen molar-refractivity contribution in [2.45, 2.75) is 96.3 Å². The topological polar surface area (TPSA) is 124 Å². The largest absolute Gasteiger partial charge is 0.494 e. The lowest BCUT2D eigenvalue weighted by molar-refractivity contribution is 0.0398. The molecule has 1 aliphatic rings. The van der Waals surface area contributed by atoms with E-state index < -0.39 is 33.9 Å². The first-order valence-electron chi connectivity index (χ1n) is 15.1. The minimum Gasteiger partial charge on any atom is -0.494 e. The molecule has 11 heteroatoms. The van der Waals surface area contributed by atoms with Crippen LogP contribution in [-0.4, -0.2) is 68.2 Å². The predicted molar refractivity (Wildman–Crippen MR) is 165 cm³/mol. The fraction of sp³-hybridized carbons (Fsp3) is 0.594. The second-order valence-corrected chi connectivity index (χ2v) is 13.8. The number of hydrogen-bond acceptors (Lipinski definition) is 8. The number of alkyl carbamates (subject to hydrolysis) is 1. The van der Waals surface area contributed by atoms with Crippen LogP contribution < -0.4 is 19.5 Å². The van der Waals surface area contributed by atoms with E-state index in [2.05, 4.69) is 12.2 Å². The molecule has 0 radical (unpaired) electrons. The number of carbonyl (C=O) groups is 1. The monoisotopic (exact) mass is 620 g/mol. The number of amides is 1. The summed E-state index contributed by atoms with van der Waals surface area (Å²) in [6, 6.07) is 11.1. The molecule has 240 valence electrons. The van der Waals surface area contributed by atoms with Gasteiger partial charge in [-0.25, -0.2) is 13.2 Å². The van der Waals surface area contributed by atoms with Gasteiger partial charge >= 0.3 is 6.09 Å². The van der Waals surface area contributed by atoms with Gasteiger partial charge in [0.1, 0.15) is 11.4 Å². The molecule has 3 rings (SSSR count). The Morgan fingerprint density at radius 1 is 1.02 bits per heavy atom. The Morgan fingerprint density at radius 3 is 2.33 bits per heavy atom. The van der Waals surface area contributed by atoms with E-state index in [1.165, 1.54) is 16.4 Å². The molecule has 2 atom stereocenters. The Kier molecular flexibility index (Phi) is 12.5. The fourth-order valence-electron chi connectivity index (χ4n) is 4.68. The molecular formula is C32H48N2O8S. The van der Waals surface area contributed by atoms with Gasteiger partial charge in [-0.05, 0) is 69.4 Å². The summed E-state index contributed by atoms with van der Waals surface area (Å²) in [7, 11) is -4.04. The number of ether oxygens (including phenoxy) is 4. The van der Waals surface area contributed by atoms with Gasteiger partial charge in [-0.1, -0.05) is 52.2 Å². The molecule has 0 saturated heterocycles. The predicted octanol–water partition coefficient (Wildman–Crippen LogP) is 5.52. The summed E-state index contributed by atoms with van der Waals surface area (Å²) in [5, 5.41) is 14.4. The van der Waals surface area contributed by atoms with Crippen LogP contribution in [0.4, 0.5) is 4.79 Å². The number of unbranched alkanes of at least 4 members (excludes halogenated alkanes) is 1. The zero-order valence-corrected chi connectivity index (χ0v) is 27.1. The van der Waals surface area contributed by atoms with Gasteiger partial charge < -0.3 is 29.4 Å². The summed E-state index contributed by atoms with van der Waals surface area (Å²) < 4.78 is 51.2. The molecule has 2 N–H and O–H groups in total. The molecule has 0 unspecified atom stereocenters. The second-order valence-electron chi connectivity index (χ2n) is 11.9. The van der Waals surface area contributed by atoms with E-state index in [-0.39, 0.29) is 37.1 Å². The van der Waals surface area contributed by atoms with Gasteiger partial charge in [0.2, 0.25) is 16.8 Å². The number of nitrogens with one attached hydrogen (secondary N) is 1. The molecule has 0 aromatic heterocycles. The van der Waals surface area contributed by atoms with Crippen LogP contribution in [0, 0.1) is 5.92 Å². The summed E-state index contributed by atoms with van der Waals surface area (Å²) in [6.07, 6.45) is 1.84. The number of sulfonamides is 1. The van der Waals surface area contributed by atoms with Crippen molar-refractivity contribution in [1.29, 1.82) is 0 Å². The van der Waals surface area contributed by atoms with Gasteiger partial charge in [-0.3, -0.25) is 0 Å². The van der Waals surface area contributed by atoms with E-state index in [1.807, 2.05) is 38.1 Å². The molecular weight excluding hydrogens is 572 g/mol. The smallest absolute Gasteiger partial charge is 0.407 e. The van der Waals surface area contributed by atoms with Gasteiger partial charge in [-0.15, -0.1) is 0 Å². The van der Waals surface area contributed by atoms with Crippen LogP contribution >= 0.6 is 0 Å². The van der Waals surface area contributed by atoms with Gasteiger partial charge in [0.05, 0.1) is 23.6 Å². The van der Waals surface area contributed by atoms with Crippen molar-refractivity contribution in [3.63, 3.8) is 0 Å². The normalized spacial score (nSPS) is 14.5. The third-order valence-corrected chi connectivity index (χ3v) is 9.13. The standard InChI is InChI=1S/C32H48N2O8S/c1-7-10-17-39-25-13-11-24(12-14-25)18-27(33-31(36)42-32(4,5)6)28(35)21-34(20-23(8-2)9-3)43(37,38)26-15-16-29-30(19-26)41-22-40-29/h11-16,19,23,27-28,35H,7-10,17-18,20-22H2,1-6H3,(H,33,36)/t27-,28+/m0/s1. The van der Waals surface area contributed by atoms with Crippen LogP contribution in [-0.2, 0) is 21.2 Å². The highest BCUT2D eigenvalue weighted by atomic mass is 32.2. The molecule has 1 heterocycles. The zero-order valence-electron chi connectivity index (χ0n) is 26.3. The maximum Gasteiger partial charge on any atom is 0.407 e. The lowest BCUT2D eigenvalue weighted by Gasteiger charge is -2.32. The van der Waals surface area contributed by atoms with Crippen molar-refractivity contribution in [2.75, 3.05) is 26.5 Å². The van der Waals surface area contributed by atoms with E-state index in [0.29, 0.717) is 18.1 Å². The highest BCUT2D eigenvalue weighted by Gasteiger charge is 2.33. The van der Waals surface area contributed by atoms with Crippen LogP contribution in [0.1, 0.15) is 72.8 Å². The van der Waals surface area contributed by atoms with E-state index in [1.54, 1.807) is 26.8 Å². The van der Waals surface area contributed by atoms with E-state index in [9.17, 15) is 18.3 Å². The van der Waals surface area contributed by atoms with Gasteiger partial charge in [0.25, 0.3) is 0 Å². The van der Waals surface area contributed by atoms with Gasteiger partial charge in [0, 0.05) is 19.2 Å². The van der Waals surface area contributed by atoms with Crippen LogP contribution in [0.25, 0.3) is 0 Å². The molecule has 10 nitrogen and oxygen atoms in total. The number of aliphatic hydroxyl groups is 1. The molecule has 43 heavy (non-hydrogen) atoms. The summed E-state index contributed by atoms with van der Waals surface area (Å²) in [6.45, 7) is 12.0. The first-order valence-corrected chi connectivity index (χ1v) is 16.6. The molecule has 1 amide bonds. The SMILES string of the molecule is CCCCOc1ccc(C[C@H](NC(=O)OC(C)(C)C)[C@H](O)CN(CC(CC)CC)S(=O)(=O)c2ccc3c(c2)OCO3)cc1. The van der Waals surface area contributed by atoms with Crippen molar-refractivity contribution in [1.82, 2.24) is 9.62 Å². The molecule has 0 fully saturated rings. The average molecular weight is 621 g/mol. The molecule has 0 bridgehead atoms. The lowest BCUT2D eigenvalue weighted by Crippen LogP contribution is -2.52. The van der Waals surface area contributed by atoms with Crippen molar-refractivity contribution < 1.29 is 37.3 Å². The molecule has 0 spiro atoms. The minimum atomic E-state index is -4.04. The summed E-state index contributed by atoms with van der Waals surface area (Å²) >= 11 is 0. The molecule has 1 aliphatic heterocycles. The minimum absolute atomic E-state index is 0.0267. The van der Waals surface area contributed by atoms with Crippen LogP contribution in [0.2, 0.25) is 0 Å². The first kappa shape index (κ1) is 34.5. The average Bonchev–Trinajstić information content (AvgIpc) is 3.43. The maximum absolute atomic E-state index is 14.0. The Labute approximate surface area is 256 Å². The first-order chi connectivity index (χ1) is 20.4. The van der Waals surface area contributed by atoms with Crippen molar-refractivity contribution >= 4 is 16.1 Å². The van der Waals surface area contributed by atoms with Crippen LogP contribution in [0.15, 0.2) is 47.4 Å². The second kappa shape index (κ2) is 15.6. The third-order valence-electron chi connectivity index (χ3n) is 7.30. The zero-order chi connectivity index (χ0) is 31.6. The maximum atomic E-state index is 14.0. The van der Waals surface area contributed by atoms with Crippen molar-refractivity contribution in [3.8, 4) is 17.2 Å². The number of nitrogens with zero attached hydrogens (tertiary/aromatic N) is 1. The molecule has 2 aromatic carbocycles. The Hall–Kier alpha value is -3.02. The highest BCUT2D eigenvalue weighted by molar-refractivity contribution is 7.89. The molecule has 0 aliphatic carbocycles. The fourth-order valence-corrected chi connectivity index (χ4v) is 6.23. The van der Waals surface area contributed by atoms with Crippen molar-refractivity contribution in [2.24, 2.45) is 5.92 Å².